The number of carbonyl (C=O) groups excluding carboxylic acids is 2. The van der Waals surface area contributed by atoms with Crippen molar-refractivity contribution in [1.82, 2.24) is 15.2 Å². The third-order valence-electron chi connectivity index (χ3n) is 14.8. The molecule has 4 saturated heterocycles. The second-order valence-corrected chi connectivity index (χ2v) is 20.0. The molecule has 4 aliphatic rings. The first-order valence-corrected chi connectivity index (χ1v) is 23.6. The van der Waals surface area contributed by atoms with Gasteiger partial charge in [-0.1, -0.05) is 40.3 Å². The number of cyclic esters (lactones) is 1. The van der Waals surface area contributed by atoms with Crippen LogP contribution in [0.1, 0.15) is 101 Å². The fraction of sp³-hybridized carbons (Fsp3) is 0.816. The highest BCUT2D eigenvalue weighted by atomic mass is 16.7. The summed E-state index contributed by atoms with van der Waals surface area (Å²) in [4.78, 5) is 36.1. The zero-order chi connectivity index (χ0) is 47.3. The number of ketones is 1. The van der Waals surface area contributed by atoms with Crippen molar-refractivity contribution in [3.63, 3.8) is 0 Å². The van der Waals surface area contributed by atoms with Gasteiger partial charge in [0.25, 0.3) is 0 Å². The maximum Gasteiger partial charge on any atom is 0.311 e. The summed E-state index contributed by atoms with van der Waals surface area (Å²) in [5.41, 5.74) is -1.53. The standard InChI is InChI=1S/C49H81N3O12/c1-15-37-49(11)39(29(3)27-59-49)31(5)40(53)28(2)25-48(10,58-23-22-50-21-19-35-18-16-17-20-51-35)44(64-46-41(54)36(52(12)13)24-30(4)60-46)32(6)42(33(7)45(56)62-37)63-38-26-47(9,57-14)43(55)34(8)61-38/h16-18,20,28,30-34,36-39,41-44,46,50,54-55H,3,15,19,21-27H2,1-2,4-14H3/t28?,30-,31?,32-,33+,34-,36?,37?,38?,39?,41-,42?,43?,44+,46+,47?,48?,49+/m0/s1. The number of hydrogen-bond acceptors (Lipinski definition) is 15. The molecule has 0 radical (unpaired) electrons. The maximum atomic E-state index is 14.9. The molecule has 0 aromatic carbocycles. The van der Waals surface area contributed by atoms with E-state index < -0.39 is 102 Å². The summed E-state index contributed by atoms with van der Waals surface area (Å²) in [6.07, 6.45) is -3.64. The van der Waals surface area contributed by atoms with Gasteiger partial charge in [0.2, 0.25) is 0 Å². The van der Waals surface area contributed by atoms with Gasteiger partial charge in [-0.2, -0.15) is 0 Å². The van der Waals surface area contributed by atoms with Crippen LogP contribution in [0.2, 0.25) is 0 Å². The molecule has 4 fully saturated rings. The van der Waals surface area contributed by atoms with E-state index in [2.05, 4.69) is 16.9 Å². The molecule has 5 heterocycles. The van der Waals surface area contributed by atoms with Crippen LogP contribution in [-0.4, -0.2) is 158 Å². The summed E-state index contributed by atoms with van der Waals surface area (Å²) in [6.45, 7) is 24.9. The van der Waals surface area contributed by atoms with Gasteiger partial charge in [0.15, 0.2) is 12.6 Å². The molecule has 1 aromatic heterocycles. The molecule has 10 unspecified atom stereocenters. The van der Waals surface area contributed by atoms with Crippen molar-refractivity contribution in [3.05, 3.63) is 42.2 Å². The number of fused-ring (bicyclic) bond motifs is 1. The lowest BCUT2D eigenvalue weighted by Crippen LogP contribution is -2.61. The van der Waals surface area contributed by atoms with E-state index in [4.69, 9.17) is 37.9 Å². The number of methoxy groups -OCH3 is 1. The van der Waals surface area contributed by atoms with Crippen molar-refractivity contribution in [1.29, 1.82) is 0 Å². The third-order valence-corrected chi connectivity index (χ3v) is 14.8. The Labute approximate surface area is 382 Å². The summed E-state index contributed by atoms with van der Waals surface area (Å²) in [5.74, 6) is -3.65. The van der Waals surface area contributed by atoms with Crippen LogP contribution >= 0.6 is 0 Å². The van der Waals surface area contributed by atoms with E-state index >= 15 is 0 Å². The fourth-order valence-electron chi connectivity index (χ4n) is 11.0. The van der Waals surface area contributed by atoms with Crippen LogP contribution in [0.15, 0.2) is 36.5 Å². The molecule has 3 N–H and O–H groups in total. The SMILES string of the molecule is C=C1CO[C@]2(C)C(CC)OC(=O)[C@H](C)C(OC3CC(C)(OC)C(O)[C@H](C)O3)[C@H](C)[C@@H](O[C@H]3O[C@@H](C)CC(N(C)C)[C@@H]3O)C(C)(OCCNCCc3ccccn3)CC(C)C(=O)C(C)C12. The molecule has 0 saturated carbocycles. The first-order valence-electron chi connectivity index (χ1n) is 23.6. The number of hydrogen-bond donors (Lipinski definition) is 3. The lowest BCUT2D eigenvalue weighted by atomic mass is 9.69. The van der Waals surface area contributed by atoms with Gasteiger partial charge in [-0.25, -0.2) is 0 Å². The van der Waals surface area contributed by atoms with Gasteiger partial charge < -0.3 is 58.3 Å². The summed E-state index contributed by atoms with van der Waals surface area (Å²) in [5, 5.41) is 26.6. The van der Waals surface area contributed by atoms with Crippen molar-refractivity contribution >= 4 is 11.8 Å². The molecular weight excluding hydrogens is 823 g/mol. The average molecular weight is 904 g/mol. The number of nitrogens with zero attached hydrogens (tertiary/aromatic N) is 2. The predicted octanol–water partition coefficient (Wildman–Crippen LogP) is 4.89. The van der Waals surface area contributed by atoms with E-state index in [0.717, 1.165) is 17.7 Å². The Morgan fingerprint density at radius 1 is 0.969 bits per heavy atom. The van der Waals surface area contributed by atoms with E-state index in [1.54, 1.807) is 27.2 Å². The quantitative estimate of drug-likeness (QED) is 0.131. The normalized spacial score (nSPS) is 42.9. The number of aliphatic hydroxyl groups is 2. The van der Waals surface area contributed by atoms with Crippen molar-refractivity contribution in [3.8, 4) is 0 Å². The smallest absolute Gasteiger partial charge is 0.311 e. The van der Waals surface area contributed by atoms with Crippen LogP contribution in [0.5, 0.6) is 0 Å². The number of aromatic nitrogens is 1. The molecule has 5 rings (SSSR count). The second-order valence-electron chi connectivity index (χ2n) is 20.0. The first kappa shape index (κ1) is 52.6. The number of esters is 1. The number of Topliss-reactive ketones (excluding diaryl/α,β-unsaturated/α-hetero) is 1. The highest BCUT2D eigenvalue weighted by Crippen LogP contribution is 2.47. The largest absolute Gasteiger partial charge is 0.459 e. The number of nitrogens with one attached hydrogen (secondary N) is 1. The van der Waals surface area contributed by atoms with Gasteiger partial charge in [0.1, 0.15) is 29.7 Å². The predicted molar refractivity (Wildman–Crippen MR) is 241 cm³/mol. The Kier molecular flexibility index (Phi) is 18.2. The van der Waals surface area contributed by atoms with Gasteiger partial charge in [0, 0.05) is 74.6 Å². The first-order chi connectivity index (χ1) is 30.1. The number of pyridine rings is 1. The monoisotopic (exact) mass is 904 g/mol. The molecule has 0 bridgehead atoms. The molecule has 0 spiro atoms. The average Bonchev–Trinajstić information content (AvgIpc) is 3.57. The molecule has 364 valence electrons. The summed E-state index contributed by atoms with van der Waals surface area (Å²) >= 11 is 0. The number of ether oxygens (including phenoxy) is 8. The van der Waals surface area contributed by atoms with Crippen LogP contribution in [0, 0.1) is 29.6 Å². The van der Waals surface area contributed by atoms with E-state index in [-0.39, 0.29) is 44.0 Å². The Morgan fingerprint density at radius 3 is 2.33 bits per heavy atom. The molecule has 1 aromatic rings. The van der Waals surface area contributed by atoms with Crippen LogP contribution in [-0.2, 0) is 53.9 Å². The topological polar surface area (TPSA) is 177 Å². The van der Waals surface area contributed by atoms with Gasteiger partial charge in [0.05, 0.1) is 54.7 Å². The van der Waals surface area contributed by atoms with Gasteiger partial charge in [-0.05, 0) is 92.6 Å². The lowest BCUT2D eigenvalue weighted by molar-refractivity contribution is -0.320. The Hall–Kier alpha value is -2.41. The number of aliphatic hydroxyl groups excluding tert-OH is 2. The van der Waals surface area contributed by atoms with Gasteiger partial charge in [-0.3, -0.25) is 14.6 Å². The summed E-state index contributed by atoms with van der Waals surface area (Å²) < 4.78 is 52.7. The van der Waals surface area contributed by atoms with Crippen LogP contribution in [0.3, 0.4) is 0 Å². The molecule has 15 heteroatoms. The van der Waals surface area contributed by atoms with Crippen molar-refractivity contribution in [2.24, 2.45) is 29.6 Å². The van der Waals surface area contributed by atoms with Crippen molar-refractivity contribution in [2.45, 2.75) is 179 Å². The van der Waals surface area contributed by atoms with Crippen molar-refractivity contribution < 1.29 is 57.7 Å². The highest BCUT2D eigenvalue weighted by Gasteiger charge is 2.57. The Bertz CT molecular complexity index is 1690. The van der Waals surface area contributed by atoms with Crippen LogP contribution in [0.4, 0.5) is 0 Å². The Morgan fingerprint density at radius 2 is 1.69 bits per heavy atom. The van der Waals surface area contributed by atoms with Gasteiger partial charge >= 0.3 is 5.97 Å². The van der Waals surface area contributed by atoms with Crippen LogP contribution in [0.25, 0.3) is 0 Å². The minimum Gasteiger partial charge on any atom is -0.459 e. The van der Waals surface area contributed by atoms with E-state index in [1.165, 1.54) is 0 Å². The highest BCUT2D eigenvalue weighted by molar-refractivity contribution is 5.84. The fourth-order valence-corrected chi connectivity index (χ4v) is 11.0. The van der Waals surface area contributed by atoms with E-state index in [1.807, 2.05) is 92.6 Å². The third kappa shape index (κ3) is 11.6. The molecular formula is C49H81N3O12. The van der Waals surface area contributed by atoms with Crippen molar-refractivity contribution in [2.75, 3.05) is 47.5 Å². The van der Waals surface area contributed by atoms with E-state index in [9.17, 15) is 19.8 Å². The summed E-state index contributed by atoms with van der Waals surface area (Å²) in [6, 6.07) is 5.57. The summed E-state index contributed by atoms with van der Waals surface area (Å²) in [7, 11) is 5.38. The minimum absolute atomic E-state index is 0.00533. The molecule has 4 aliphatic heterocycles. The zero-order valence-corrected chi connectivity index (χ0v) is 40.9. The lowest BCUT2D eigenvalue weighted by Gasteiger charge is -2.50. The molecule has 0 amide bonds. The maximum absolute atomic E-state index is 14.9. The number of likely N-dealkylation sites (N-methyl/N-ethyl adjacent to an activating group) is 1. The molecule has 15 nitrogen and oxygen atoms in total. The van der Waals surface area contributed by atoms with Crippen LogP contribution < -0.4 is 5.32 Å². The molecule has 18 atom stereocenters. The van der Waals surface area contributed by atoms with Gasteiger partial charge in [-0.15, -0.1) is 0 Å². The molecule has 0 aliphatic carbocycles. The Balaban J connectivity index is 1.62. The van der Waals surface area contributed by atoms with E-state index in [0.29, 0.717) is 25.9 Å². The molecule has 64 heavy (non-hydrogen) atoms. The minimum atomic E-state index is -1.24. The number of rotatable bonds is 14. The number of carbonyl (C=O) groups is 2. The zero-order valence-electron chi connectivity index (χ0n) is 40.9. The second kappa shape index (κ2) is 22.1.